The second-order valence-electron chi connectivity index (χ2n) is 6.25. The molecule has 0 aromatic rings. The lowest BCUT2D eigenvalue weighted by atomic mass is 10.1. The van der Waals surface area contributed by atoms with E-state index in [2.05, 4.69) is 50.7 Å². The van der Waals surface area contributed by atoms with E-state index in [1.165, 1.54) is 45.3 Å². The summed E-state index contributed by atoms with van der Waals surface area (Å²) in [6.45, 7) is 10.5. The third kappa shape index (κ3) is 5.53. The highest BCUT2D eigenvalue weighted by Crippen LogP contribution is 2.23. The molecule has 2 nitrogen and oxygen atoms in total. The molecule has 0 fully saturated rings. The molecule has 0 aromatic carbocycles. The molecule has 18 heavy (non-hydrogen) atoms. The first kappa shape index (κ1) is 15.7. The summed E-state index contributed by atoms with van der Waals surface area (Å²) in [6, 6.07) is 0.693. The Morgan fingerprint density at radius 3 is 2.50 bits per heavy atom. The average Bonchev–Trinajstić information content (AvgIpc) is 2.82. The Hall–Kier alpha value is -0.340. The molecule has 1 atom stereocenters. The summed E-state index contributed by atoms with van der Waals surface area (Å²) in [6.07, 6.45) is 7.68. The first-order valence-electron chi connectivity index (χ1n) is 7.61. The van der Waals surface area contributed by atoms with Crippen molar-refractivity contribution in [3.63, 3.8) is 0 Å². The van der Waals surface area contributed by atoms with E-state index in [1.807, 2.05) is 0 Å². The van der Waals surface area contributed by atoms with Crippen LogP contribution in [0.4, 0.5) is 0 Å². The molecule has 0 aliphatic heterocycles. The van der Waals surface area contributed by atoms with Crippen LogP contribution in [0.1, 0.15) is 46.5 Å². The largest absolute Gasteiger partial charge is 0.305 e. The number of allylic oxidation sites excluding steroid dienone is 1. The Morgan fingerprint density at radius 1 is 1.22 bits per heavy atom. The Labute approximate surface area is 114 Å². The Balaban J connectivity index is 2.20. The van der Waals surface area contributed by atoms with Crippen LogP contribution in [0.2, 0.25) is 0 Å². The monoisotopic (exact) mass is 252 g/mol. The first-order valence-corrected chi connectivity index (χ1v) is 7.61. The highest BCUT2D eigenvalue weighted by molar-refractivity contribution is 5.13. The van der Waals surface area contributed by atoms with Gasteiger partial charge in [0.2, 0.25) is 0 Å². The molecule has 0 N–H and O–H groups in total. The van der Waals surface area contributed by atoms with Crippen molar-refractivity contribution < 1.29 is 0 Å². The molecule has 0 amide bonds. The zero-order chi connectivity index (χ0) is 13.5. The molecule has 0 heterocycles. The number of hydrogen-bond acceptors (Lipinski definition) is 2. The smallest absolute Gasteiger partial charge is 0.0281 e. The van der Waals surface area contributed by atoms with Crippen LogP contribution in [0.15, 0.2) is 11.6 Å². The van der Waals surface area contributed by atoms with E-state index >= 15 is 0 Å². The van der Waals surface area contributed by atoms with E-state index in [0.29, 0.717) is 6.04 Å². The summed E-state index contributed by atoms with van der Waals surface area (Å²) >= 11 is 0. The van der Waals surface area contributed by atoms with Crippen LogP contribution in [0.5, 0.6) is 0 Å². The van der Waals surface area contributed by atoms with E-state index in [4.69, 9.17) is 0 Å². The van der Waals surface area contributed by atoms with Gasteiger partial charge in [-0.3, -0.25) is 4.90 Å². The summed E-state index contributed by atoms with van der Waals surface area (Å²) in [7, 11) is 4.52. The fourth-order valence-corrected chi connectivity index (χ4v) is 2.50. The second kappa shape index (κ2) is 7.96. The topological polar surface area (TPSA) is 6.48 Å². The number of rotatable bonds is 8. The van der Waals surface area contributed by atoms with E-state index < -0.39 is 0 Å². The van der Waals surface area contributed by atoms with Gasteiger partial charge >= 0.3 is 0 Å². The molecule has 0 radical (unpaired) electrons. The zero-order valence-corrected chi connectivity index (χ0v) is 13.1. The van der Waals surface area contributed by atoms with Gasteiger partial charge in [-0.2, -0.15) is 0 Å². The molecule has 1 aliphatic rings. The molecule has 0 aromatic heterocycles. The van der Waals surface area contributed by atoms with Gasteiger partial charge in [0.1, 0.15) is 0 Å². The van der Waals surface area contributed by atoms with Crippen LogP contribution in [0.25, 0.3) is 0 Å². The van der Waals surface area contributed by atoms with Gasteiger partial charge in [0.25, 0.3) is 0 Å². The van der Waals surface area contributed by atoms with Crippen molar-refractivity contribution in [3.8, 4) is 0 Å². The quantitative estimate of drug-likeness (QED) is 0.611. The van der Waals surface area contributed by atoms with Crippen LogP contribution in [-0.2, 0) is 0 Å². The van der Waals surface area contributed by atoms with E-state index in [1.54, 1.807) is 5.57 Å². The predicted octanol–water partition coefficient (Wildman–Crippen LogP) is 3.39. The predicted molar refractivity (Wildman–Crippen MR) is 81.0 cm³/mol. The van der Waals surface area contributed by atoms with Crippen LogP contribution in [0.3, 0.4) is 0 Å². The van der Waals surface area contributed by atoms with E-state index in [9.17, 15) is 0 Å². The maximum absolute atomic E-state index is 2.52. The highest BCUT2D eigenvalue weighted by atomic mass is 15.2. The molecule has 0 saturated carbocycles. The SMILES string of the molecule is CCC1=CC(N(C)CCN(C)CCC(C)C)CC1. The minimum Gasteiger partial charge on any atom is -0.305 e. The summed E-state index contributed by atoms with van der Waals surface area (Å²) in [5.74, 6) is 0.815. The van der Waals surface area contributed by atoms with Crippen LogP contribution in [-0.4, -0.2) is 49.6 Å². The standard InChI is InChI=1S/C16H32N2/c1-6-15-7-8-16(13-15)18(5)12-11-17(4)10-9-14(2)3/h13-14,16H,6-12H2,1-5H3. The van der Waals surface area contributed by atoms with Gasteiger partial charge in [0.15, 0.2) is 0 Å². The van der Waals surface area contributed by atoms with Gasteiger partial charge in [-0.15, -0.1) is 0 Å². The normalized spacial score (nSPS) is 20.2. The number of nitrogens with zero attached hydrogens (tertiary/aromatic N) is 2. The Morgan fingerprint density at radius 2 is 1.94 bits per heavy atom. The van der Waals surface area contributed by atoms with Crippen molar-refractivity contribution in [1.82, 2.24) is 9.80 Å². The van der Waals surface area contributed by atoms with Crippen molar-refractivity contribution in [2.75, 3.05) is 33.7 Å². The van der Waals surface area contributed by atoms with Crippen molar-refractivity contribution in [2.45, 2.75) is 52.5 Å². The third-order valence-corrected chi connectivity index (χ3v) is 4.13. The molecule has 0 bridgehead atoms. The average molecular weight is 252 g/mol. The van der Waals surface area contributed by atoms with Gasteiger partial charge in [-0.1, -0.05) is 32.4 Å². The molecular weight excluding hydrogens is 220 g/mol. The lowest BCUT2D eigenvalue weighted by Gasteiger charge is -2.26. The van der Waals surface area contributed by atoms with Gasteiger partial charge in [0, 0.05) is 19.1 Å². The minimum absolute atomic E-state index is 0.693. The van der Waals surface area contributed by atoms with Gasteiger partial charge in [-0.05, 0) is 52.2 Å². The van der Waals surface area contributed by atoms with Crippen molar-refractivity contribution in [2.24, 2.45) is 5.92 Å². The van der Waals surface area contributed by atoms with Gasteiger partial charge in [0.05, 0.1) is 0 Å². The molecule has 2 heteroatoms. The summed E-state index contributed by atoms with van der Waals surface area (Å²) in [4.78, 5) is 4.99. The third-order valence-electron chi connectivity index (χ3n) is 4.13. The highest BCUT2D eigenvalue weighted by Gasteiger charge is 2.18. The summed E-state index contributed by atoms with van der Waals surface area (Å²) in [5, 5.41) is 0. The van der Waals surface area contributed by atoms with Crippen molar-refractivity contribution >= 4 is 0 Å². The maximum atomic E-state index is 2.52. The van der Waals surface area contributed by atoms with Gasteiger partial charge < -0.3 is 4.90 Å². The van der Waals surface area contributed by atoms with Crippen molar-refractivity contribution in [1.29, 1.82) is 0 Å². The zero-order valence-electron chi connectivity index (χ0n) is 13.1. The molecule has 1 rings (SSSR count). The molecule has 0 spiro atoms. The number of hydrogen-bond donors (Lipinski definition) is 0. The minimum atomic E-state index is 0.693. The van der Waals surface area contributed by atoms with E-state index in [0.717, 1.165) is 5.92 Å². The second-order valence-corrected chi connectivity index (χ2v) is 6.25. The maximum Gasteiger partial charge on any atom is 0.0281 e. The Kier molecular flexibility index (Phi) is 6.95. The van der Waals surface area contributed by atoms with Crippen LogP contribution < -0.4 is 0 Å². The van der Waals surface area contributed by atoms with Gasteiger partial charge in [-0.25, -0.2) is 0 Å². The van der Waals surface area contributed by atoms with E-state index in [-0.39, 0.29) is 0 Å². The summed E-state index contributed by atoms with van der Waals surface area (Å²) in [5.41, 5.74) is 1.65. The molecule has 1 aliphatic carbocycles. The summed E-state index contributed by atoms with van der Waals surface area (Å²) < 4.78 is 0. The lowest BCUT2D eigenvalue weighted by molar-refractivity contribution is 0.222. The molecule has 1 unspecified atom stereocenters. The molecule has 0 saturated heterocycles. The van der Waals surface area contributed by atoms with Crippen molar-refractivity contribution in [3.05, 3.63) is 11.6 Å². The first-order chi connectivity index (χ1) is 8.52. The molecular formula is C16H32N2. The number of likely N-dealkylation sites (N-methyl/N-ethyl adjacent to an activating group) is 2. The fourth-order valence-electron chi connectivity index (χ4n) is 2.50. The fraction of sp³-hybridized carbons (Fsp3) is 0.875. The molecule has 106 valence electrons. The Bertz CT molecular complexity index is 258. The van der Waals surface area contributed by atoms with Crippen LogP contribution >= 0.6 is 0 Å². The lowest BCUT2D eigenvalue weighted by Crippen LogP contribution is -2.36. The van der Waals surface area contributed by atoms with Crippen LogP contribution in [0, 0.1) is 5.92 Å².